The van der Waals surface area contributed by atoms with Crippen molar-refractivity contribution in [3.8, 4) is 23.0 Å². The van der Waals surface area contributed by atoms with Gasteiger partial charge in [-0.3, -0.25) is 4.79 Å². The lowest BCUT2D eigenvalue weighted by Gasteiger charge is -2.09. The maximum absolute atomic E-state index is 11.9. The van der Waals surface area contributed by atoms with Crippen molar-refractivity contribution in [1.29, 1.82) is 0 Å². The number of hydrogen-bond donors (Lipinski definition) is 4. The number of nitrogens with one attached hydrogen (secondary N) is 1. The van der Waals surface area contributed by atoms with Crippen LogP contribution < -0.4 is 10.1 Å². The normalized spacial score (nSPS) is 10.2. The third-order valence-corrected chi connectivity index (χ3v) is 3.17. The largest absolute Gasteiger partial charge is 0.508 e. The van der Waals surface area contributed by atoms with E-state index in [9.17, 15) is 20.1 Å². The molecule has 2 aromatic carbocycles. The third kappa shape index (κ3) is 3.60. The van der Waals surface area contributed by atoms with Gasteiger partial charge in [-0.15, -0.1) is 0 Å². The van der Waals surface area contributed by atoms with Gasteiger partial charge in [0.1, 0.15) is 11.5 Å². The highest BCUT2D eigenvalue weighted by Gasteiger charge is 2.11. The number of hydrogen-bond acceptors (Lipinski definition) is 5. The first-order valence-electron chi connectivity index (χ1n) is 6.67. The van der Waals surface area contributed by atoms with Gasteiger partial charge in [-0.05, 0) is 36.2 Å². The topological polar surface area (TPSA) is 99.0 Å². The number of phenolic OH excluding ortho intramolecular Hbond substituents is 3. The first-order valence-corrected chi connectivity index (χ1v) is 6.67. The zero-order valence-electron chi connectivity index (χ0n) is 12.0. The molecular weight excluding hydrogens is 286 g/mol. The summed E-state index contributed by atoms with van der Waals surface area (Å²) in [5.74, 6) is -0.374. The van der Waals surface area contributed by atoms with Gasteiger partial charge in [-0.2, -0.15) is 0 Å². The van der Waals surface area contributed by atoms with E-state index in [-0.39, 0.29) is 22.8 Å². The summed E-state index contributed by atoms with van der Waals surface area (Å²) in [5, 5.41) is 31.0. The molecule has 0 saturated heterocycles. The Kier molecular flexibility index (Phi) is 4.73. The fourth-order valence-corrected chi connectivity index (χ4v) is 2.01. The summed E-state index contributed by atoms with van der Waals surface area (Å²) in [5.41, 5.74) is 0.992. The summed E-state index contributed by atoms with van der Waals surface area (Å²) < 4.78 is 5.02. The molecule has 0 fully saturated rings. The van der Waals surface area contributed by atoms with Crippen LogP contribution in [0.1, 0.15) is 15.9 Å². The molecule has 0 aliphatic heterocycles. The number of amides is 1. The minimum Gasteiger partial charge on any atom is -0.508 e. The molecule has 6 nitrogen and oxygen atoms in total. The number of rotatable bonds is 5. The Bertz CT molecular complexity index is 684. The van der Waals surface area contributed by atoms with Crippen LogP contribution in [0.15, 0.2) is 36.4 Å². The van der Waals surface area contributed by atoms with Gasteiger partial charge in [0.2, 0.25) is 0 Å². The van der Waals surface area contributed by atoms with E-state index in [1.165, 1.54) is 25.3 Å². The van der Waals surface area contributed by atoms with Crippen LogP contribution >= 0.6 is 0 Å². The van der Waals surface area contributed by atoms with Crippen LogP contribution in [-0.4, -0.2) is 34.9 Å². The van der Waals surface area contributed by atoms with E-state index in [0.717, 1.165) is 11.6 Å². The summed E-state index contributed by atoms with van der Waals surface area (Å²) in [6, 6.07) is 8.76. The molecule has 0 aromatic heterocycles. The lowest BCUT2D eigenvalue weighted by Crippen LogP contribution is -2.25. The van der Waals surface area contributed by atoms with E-state index in [1.807, 2.05) is 0 Å². The number of methoxy groups -OCH3 is 1. The Morgan fingerprint density at radius 3 is 2.55 bits per heavy atom. The number of carbonyl (C=O) groups is 1. The molecule has 22 heavy (non-hydrogen) atoms. The van der Waals surface area contributed by atoms with Crippen LogP contribution in [0.3, 0.4) is 0 Å². The van der Waals surface area contributed by atoms with Gasteiger partial charge >= 0.3 is 0 Å². The Balaban J connectivity index is 1.94. The molecule has 2 rings (SSSR count). The molecule has 6 heteroatoms. The highest BCUT2D eigenvalue weighted by molar-refractivity contribution is 5.96. The van der Waals surface area contributed by atoms with Crippen molar-refractivity contribution in [3.05, 3.63) is 47.5 Å². The molecule has 0 unspecified atom stereocenters. The van der Waals surface area contributed by atoms with Gasteiger partial charge in [0.25, 0.3) is 5.91 Å². The lowest BCUT2D eigenvalue weighted by molar-refractivity contribution is 0.0951. The molecule has 0 bridgehead atoms. The molecule has 2 aromatic rings. The second kappa shape index (κ2) is 6.71. The maximum atomic E-state index is 11.9. The monoisotopic (exact) mass is 303 g/mol. The molecule has 0 aliphatic carbocycles. The van der Waals surface area contributed by atoms with Crippen LogP contribution in [0.2, 0.25) is 0 Å². The summed E-state index contributed by atoms with van der Waals surface area (Å²) in [6.45, 7) is 0.354. The van der Waals surface area contributed by atoms with Crippen molar-refractivity contribution in [2.45, 2.75) is 6.42 Å². The van der Waals surface area contributed by atoms with E-state index < -0.39 is 5.91 Å². The second-order valence-corrected chi connectivity index (χ2v) is 4.71. The SMILES string of the molecule is COc1cc(CCNC(=O)c2ccc(O)cc2O)ccc1O. The van der Waals surface area contributed by atoms with Gasteiger partial charge in [0, 0.05) is 12.6 Å². The van der Waals surface area contributed by atoms with E-state index in [2.05, 4.69) is 5.32 Å². The molecule has 1 amide bonds. The van der Waals surface area contributed by atoms with Gasteiger partial charge in [0.15, 0.2) is 11.5 Å². The standard InChI is InChI=1S/C16H17NO5/c1-22-15-8-10(2-5-13(15)19)6-7-17-16(21)12-4-3-11(18)9-14(12)20/h2-5,8-9,18-20H,6-7H2,1H3,(H,17,21). The van der Waals surface area contributed by atoms with Crippen LogP contribution in [0.4, 0.5) is 0 Å². The molecule has 0 atom stereocenters. The average molecular weight is 303 g/mol. The van der Waals surface area contributed by atoms with Crippen molar-refractivity contribution in [2.75, 3.05) is 13.7 Å². The number of benzene rings is 2. The fraction of sp³-hybridized carbons (Fsp3) is 0.188. The van der Waals surface area contributed by atoms with E-state index >= 15 is 0 Å². The third-order valence-electron chi connectivity index (χ3n) is 3.17. The molecule has 0 heterocycles. The quantitative estimate of drug-likeness (QED) is 0.675. The zero-order valence-corrected chi connectivity index (χ0v) is 12.0. The smallest absolute Gasteiger partial charge is 0.255 e. The molecule has 4 N–H and O–H groups in total. The van der Waals surface area contributed by atoms with Crippen LogP contribution in [-0.2, 0) is 6.42 Å². The molecule has 0 saturated carbocycles. The fourth-order valence-electron chi connectivity index (χ4n) is 2.01. The van der Waals surface area contributed by atoms with Crippen LogP contribution in [0, 0.1) is 0 Å². The number of ether oxygens (including phenoxy) is 1. The number of carbonyl (C=O) groups excluding carboxylic acids is 1. The molecule has 116 valence electrons. The Morgan fingerprint density at radius 1 is 1.09 bits per heavy atom. The zero-order chi connectivity index (χ0) is 16.1. The summed E-state index contributed by atoms with van der Waals surface area (Å²) in [4.78, 5) is 11.9. The number of aromatic hydroxyl groups is 3. The van der Waals surface area contributed by atoms with Crippen molar-refractivity contribution in [3.63, 3.8) is 0 Å². The van der Waals surface area contributed by atoms with Crippen molar-refractivity contribution < 1.29 is 24.9 Å². The Morgan fingerprint density at radius 2 is 1.86 bits per heavy atom. The summed E-state index contributed by atoms with van der Waals surface area (Å²) in [7, 11) is 1.47. The Hall–Kier alpha value is -2.89. The van der Waals surface area contributed by atoms with Crippen molar-refractivity contribution in [1.82, 2.24) is 5.32 Å². The van der Waals surface area contributed by atoms with Crippen molar-refractivity contribution >= 4 is 5.91 Å². The predicted octanol–water partition coefficient (Wildman–Crippen LogP) is 1.78. The van der Waals surface area contributed by atoms with Gasteiger partial charge in [-0.25, -0.2) is 0 Å². The van der Waals surface area contributed by atoms with Crippen LogP contribution in [0.5, 0.6) is 23.0 Å². The highest BCUT2D eigenvalue weighted by Crippen LogP contribution is 2.26. The van der Waals surface area contributed by atoms with E-state index in [1.54, 1.807) is 12.1 Å². The maximum Gasteiger partial charge on any atom is 0.255 e. The summed E-state index contributed by atoms with van der Waals surface area (Å²) in [6.07, 6.45) is 0.543. The minimum atomic E-state index is -0.428. The predicted molar refractivity (Wildman–Crippen MR) is 80.5 cm³/mol. The highest BCUT2D eigenvalue weighted by atomic mass is 16.5. The first kappa shape index (κ1) is 15.5. The van der Waals surface area contributed by atoms with Crippen LogP contribution in [0.25, 0.3) is 0 Å². The minimum absolute atomic E-state index is 0.0595. The van der Waals surface area contributed by atoms with E-state index in [0.29, 0.717) is 18.7 Å². The average Bonchev–Trinajstić information content (AvgIpc) is 2.48. The Labute approximate surface area is 127 Å². The van der Waals surface area contributed by atoms with Gasteiger partial charge in [-0.1, -0.05) is 6.07 Å². The first-order chi connectivity index (χ1) is 10.5. The molecular formula is C16H17NO5. The van der Waals surface area contributed by atoms with Gasteiger partial charge in [0.05, 0.1) is 12.7 Å². The van der Waals surface area contributed by atoms with Crippen molar-refractivity contribution in [2.24, 2.45) is 0 Å². The van der Waals surface area contributed by atoms with Gasteiger partial charge < -0.3 is 25.4 Å². The number of phenols is 3. The molecule has 0 spiro atoms. The lowest BCUT2D eigenvalue weighted by atomic mass is 10.1. The van der Waals surface area contributed by atoms with E-state index in [4.69, 9.17) is 4.74 Å². The molecule has 0 aliphatic rings. The second-order valence-electron chi connectivity index (χ2n) is 4.71. The summed E-state index contributed by atoms with van der Waals surface area (Å²) >= 11 is 0. The molecule has 0 radical (unpaired) electrons.